The number of methoxy groups -OCH3 is 1. The lowest BCUT2D eigenvalue weighted by Gasteiger charge is -2.37. The summed E-state index contributed by atoms with van der Waals surface area (Å²) in [6.45, 7) is 0. The van der Waals surface area contributed by atoms with Gasteiger partial charge in [-0.1, -0.05) is 24.3 Å². The number of benzene rings is 2. The third-order valence-corrected chi connectivity index (χ3v) is 5.77. The maximum atomic E-state index is 15.3. The van der Waals surface area contributed by atoms with Crippen LogP contribution in [0.2, 0.25) is 0 Å². The molecule has 0 amide bonds. The number of carbonyl (C=O) groups is 1. The van der Waals surface area contributed by atoms with Crippen LogP contribution in [0, 0.1) is 11.6 Å². The molecule has 0 saturated heterocycles. The van der Waals surface area contributed by atoms with Gasteiger partial charge in [0.1, 0.15) is 11.6 Å². The Labute approximate surface area is 163 Å². The van der Waals surface area contributed by atoms with Gasteiger partial charge in [0.25, 0.3) is 0 Å². The van der Waals surface area contributed by atoms with E-state index in [1.807, 2.05) is 0 Å². The van der Waals surface area contributed by atoms with E-state index in [0.29, 0.717) is 18.4 Å². The minimum Gasteiger partial charge on any atom is -0.465 e. The molecule has 1 saturated carbocycles. The molecule has 3 aromatic rings. The lowest BCUT2D eigenvalue weighted by molar-refractivity contribution is -0.0387. The molecule has 1 heterocycles. The second kappa shape index (κ2) is 6.86. The predicted octanol–water partition coefficient (Wildman–Crippen LogP) is 5.13. The first-order chi connectivity index (χ1) is 13.4. The van der Waals surface area contributed by atoms with E-state index in [1.165, 1.54) is 12.1 Å². The molecule has 1 aliphatic rings. The molecule has 0 radical (unpaired) electrons. The van der Waals surface area contributed by atoms with Crippen LogP contribution in [0.15, 0.2) is 36.5 Å². The Bertz CT molecular complexity index is 1070. The number of fused-ring (bicyclic) bond motifs is 1. The van der Waals surface area contributed by atoms with Crippen molar-refractivity contribution in [2.24, 2.45) is 0 Å². The molecule has 28 heavy (non-hydrogen) atoms. The largest absolute Gasteiger partial charge is 0.465 e. The zero-order valence-corrected chi connectivity index (χ0v) is 15.7. The molecule has 0 unspecified atom stereocenters. The highest BCUT2D eigenvalue weighted by Gasteiger charge is 2.36. The van der Waals surface area contributed by atoms with E-state index in [1.54, 1.807) is 12.1 Å². The first-order valence-corrected chi connectivity index (χ1v) is 9.31. The van der Waals surface area contributed by atoms with E-state index in [2.05, 4.69) is 4.74 Å². The normalized spacial score (nSPS) is 15.5. The molecule has 1 fully saturated rings. The van der Waals surface area contributed by atoms with Crippen molar-refractivity contribution < 1.29 is 27.3 Å². The zero-order valence-electron chi connectivity index (χ0n) is 14.8. The molecule has 146 valence electrons. The topological polar surface area (TPSA) is 51.5 Å². The summed E-state index contributed by atoms with van der Waals surface area (Å²) >= 11 is -0.273. The van der Waals surface area contributed by atoms with Crippen LogP contribution in [0.3, 0.4) is 0 Å². The summed E-state index contributed by atoms with van der Waals surface area (Å²) in [5.41, 5.74) is -0.562. The van der Waals surface area contributed by atoms with E-state index in [-0.39, 0.29) is 39.9 Å². The van der Waals surface area contributed by atoms with Gasteiger partial charge in [-0.15, -0.1) is 3.89 Å². The molecular weight excluding hydrogens is 391 g/mol. The van der Waals surface area contributed by atoms with E-state index in [0.717, 1.165) is 29.8 Å². The fourth-order valence-corrected chi connectivity index (χ4v) is 3.99. The summed E-state index contributed by atoms with van der Waals surface area (Å²) in [4.78, 5) is 12.0. The second-order valence-corrected chi connectivity index (χ2v) is 7.36. The van der Waals surface area contributed by atoms with Gasteiger partial charge in [-0.25, -0.2) is 13.6 Å². The number of carbonyl (C=O) groups excluding carboxylic acids is 1. The summed E-state index contributed by atoms with van der Waals surface area (Å²) in [5.74, 6) is -2.71. The minimum atomic E-state index is -0.974. The van der Waals surface area contributed by atoms with Crippen molar-refractivity contribution in [1.82, 2.24) is 3.97 Å². The summed E-state index contributed by atoms with van der Waals surface area (Å²) in [6, 6.07) is 7.32. The summed E-state index contributed by atoms with van der Waals surface area (Å²) < 4.78 is 48.7. The average Bonchev–Trinajstić information content (AvgIpc) is 3.04. The van der Waals surface area contributed by atoms with Gasteiger partial charge in [0.15, 0.2) is 12.3 Å². The van der Waals surface area contributed by atoms with Gasteiger partial charge in [-0.3, -0.25) is 3.97 Å². The number of hydrogen-bond donors (Lipinski definition) is 1. The van der Waals surface area contributed by atoms with Crippen LogP contribution in [-0.4, -0.2) is 22.2 Å². The lowest BCUT2D eigenvalue weighted by Crippen LogP contribution is -2.33. The third-order valence-electron chi connectivity index (χ3n) is 5.32. The standard InChI is InChI=1S/C20H16F3NO3S/c1-27-19(25)13-10-24(28-23)15-9-14(21)16(18(22)17(13)15)11-3-5-12(6-4-11)20(26)7-2-8-20/h3-6,9-10,26H,2,7-8H2,1H3. The van der Waals surface area contributed by atoms with Crippen molar-refractivity contribution in [3.05, 3.63) is 59.3 Å². The first kappa shape index (κ1) is 18.9. The van der Waals surface area contributed by atoms with Crippen LogP contribution in [-0.2, 0) is 10.3 Å². The maximum Gasteiger partial charge on any atom is 0.340 e. The second-order valence-electron chi connectivity index (χ2n) is 6.83. The van der Waals surface area contributed by atoms with Crippen LogP contribution in [0.5, 0.6) is 0 Å². The Morgan fingerprint density at radius 1 is 1.25 bits per heavy atom. The van der Waals surface area contributed by atoms with E-state index in [9.17, 15) is 18.2 Å². The Morgan fingerprint density at radius 3 is 2.46 bits per heavy atom. The van der Waals surface area contributed by atoms with E-state index < -0.39 is 23.2 Å². The van der Waals surface area contributed by atoms with Crippen LogP contribution in [0.4, 0.5) is 12.7 Å². The molecule has 0 aliphatic heterocycles. The first-order valence-electron chi connectivity index (χ1n) is 8.63. The van der Waals surface area contributed by atoms with Crippen LogP contribution < -0.4 is 0 Å². The number of rotatable bonds is 4. The van der Waals surface area contributed by atoms with E-state index in [4.69, 9.17) is 0 Å². The molecule has 1 aliphatic carbocycles. The molecule has 0 atom stereocenters. The number of esters is 1. The molecule has 0 spiro atoms. The molecule has 8 heteroatoms. The molecule has 1 aromatic heterocycles. The van der Waals surface area contributed by atoms with Crippen LogP contribution >= 0.6 is 12.3 Å². The van der Waals surface area contributed by atoms with Gasteiger partial charge in [0.05, 0.1) is 34.7 Å². The highest BCUT2D eigenvalue weighted by molar-refractivity contribution is 7.92. The molecule has 2 aromatic carbocycles. The summed E-state index contributed by atoms with van der Waals surface area (Å²) in [7, 11) is 1.13. The van der Waals surface area contributed by atoms with Gasteiger partial charge in [0, 0.05) is 6.20 Å². The summed E-state index contributed by atoms with van der Waals surface area (Å²) in [5, 5.41) is 10.2. The molecule has 4 rings (SSSR count). The lowest BCUT2D eigenvalue weighted by atomic mass is 9.75. The fraction of sp³-hybridized carbons (Fsp3) is 0.250. The number of aromatic nitrogens is 1. The van der Waals surface area contributed by atoms with Crippen molar-refractivity contribution in [3.8, 4) is 11.1 Å². The number of aliphatic hydroxyl groups is 1. The van der Waals surface area contributed by atoms with Crippen molar-refractivity contribution in [3.63, 3.8) is 0 Å². The van der Waals surface area contributed by atoms with Crippen LogP contribution in [0.25, 0.3) is 22.0 Å². The van der Waals surface area contributed by atoms with Crippen molar-refractivity contribution in [2.45, 2.75) is 24.9 Å². The van der Waals surface area contributed by atoms with E-state index >= 15 is 4.39 Å². The van der Waals surface area contributed by atoms with Gasteiger partial charge in [0.2, 0.25) is 0 Å². The Hall–Kier alpha value is -2.45. The van der Waals surface area contributed by atoms with Gasteiger partial charge >= 0.3 is 5.97 Å². The quantitative estimate of drug-likeness (QED) is 0.610. The fourth-order valence-electron chi connectivity index (χ4n) is 3.62. The maximum absolute atomic E-state index is 15.3. The van der Waals surface area contributed by atoms with Crippen LogP contribution in [0.1, 0.15) is 35.2 Å². The van der Waals surface area contributed by atoms with Crippen molar-refractivity contribution in [1.29, 1.82) is 0 Å². The molecule has 4 nitrogen and oxygen atoms in total. The SMILES string of the molecule is COC(=O)c1cn(SF)c2cc(F)c(-c3ccc(C4(O)CCC4)cc3)c(F)c12. The van der Waals surface area contributed by atoms with Gasteiger partial charge in [-0.05, 0) is 36.5 Å². The molecular formula is C20H16F3NO3S. The van der Waals surface area contributed by atoms with Gasteiger partial charge in [-0.2, -0.15) is 0 Å². The summed E-state index contributed by atoms with van der Waals surface area (Å²) in [6.07, 6.45) is 3.30. The zero-order chi connectivity index (χ0) is 20.1. The Kier molecular flexibility index (Phi) is 4.63. The Balaban J connectivity index is 1.88. The smallest absolute Gasteiger partial charge is 0.340 e. The van der Waals surface area contributed by atoms with Gasteiger partial charge < -0.3 is 9.84 Å². The molecule has 0 bridgehead atoms. The van der Waals surface area contributed by atoms with Crippen molar-refractivity contribution >= 4 is 29.2 Å². The number of hydrogen-bond acceptors (Lipinski definition) is 4. The highest BCUT2D eigenvalue weighted by atomic mass is 32.2. The Morgan fingerprint density at radius 2 is 1.93 bits per heavy atom. The number of ether oxygens (including phenoxy) is 1. The molecule has 1 N–H and O–H groups in total. The minimum absolute atomic E-state index is 0.105. The predicted molar refractivity (Wildman–Crippen MR) is 100 cm³/mol. The van der Waals surface area contributed by atoms with Crippen molar-refractivity contribution in [2.75, 3.05) is 7.11 Å². The number of nitrogens with zero attached hydrogens (tertiary/aromatic N) is 1. The number of halogens is 3. The highest BCUT2D eigenvalue weighted by Crippen LogP contribution is 2.42. The third kappa shape index (κ3) is 2.79. The average molecular weight is 407 g/mol. The monoisotopic (exact) mass is 407 g/mol.